The Kier molecular flexibility index (Phi) is 8.50. The van der Waals surface area contributed by atoms with Gasteiger partial charge in [0.2, 0.25) is 0 Å². The lowest BCUT2D eigenvalue weighted by atomic mass is 10.0. The number of amides is 1. The summed E-state index contributed by atoms with van der Waals surface area (Å²) < 4.78 is 25.2. The van der Waals surface area contributed by atoms with Gasteiger partial charge in [0, 0.05) is 37.0 Å². The molecule has 0 aliphatic carbocycles. The number of nitrogens with zero attached hydrogens (tertiary/aromatic N) is 2. The molecule has 1 aromatic heterocycles. The predicted octanol–water partition coefficient (Wildman–Crippen LogP) is 3.41. The fourth-order valence-electron chi connectivity index (χ4n) is 3.65. The summed E-state index contributed by atoms with van der Waals surface area (Å²) in [6.45, 7) is 8.04. The van der Waals surface area contributed by atoms with E-state index in [1.807, 2.05) is 6.92 Å². The Morgan fingerprint density at radius 2 is 1.74 bits per heavy atom. The molecule has 0 spiro atoms. The number of carbonyl (C=O) groups is 3. The number of methoxy groups -OCH3 is 1. The number of ether oxygens (including phenoxy) is 2. The Balaban J connectivity index is 2.38. The van der Waals surface area contributed by atoms with Crippen LogP contribution < -0.4 is 0 Å². The second-order valence-corrected chi connectivity index (χ2v) is 7.05. The number of rotatable bonds is 10. The molecule has 0 aliphatic heterocycles. The zero-order valence-electron chi connectivity index (χ0n) is 18.7. The quantitative estimate of drug-likeness (QED) is 0.425. The summed E-state index contributed by atoms with van der Waals surface area (Å²) in [4.78, 5) is 40.0. The minimum atomic E-state index is -0.484. The maximum absolute atomic E-state index is 13.3. The van der Waals surface area contributed by atoms with Gasteiger partial charge >= 0.3 is 5.97 Å². The first kappa shape index (κ1) is 24.3. The number of esters is 1. The van der Waals surface area contributed by atoms with Gasteiger partial charge in [-0.2, -0.15) is 0 Å². The van der Waals surface area contributed by atoms with Crippen LogP contribution in [0.4, 0.5) is 4.39 Å². The van der Waals surface area contributed by atoms with Gasteiger partial charge in [-0.15, -0.1) is 0 Å². The molecule has 7 nitrogen and oxygen atoms in total. The number of halogens is 1. The fraction of sp³-hybridized carbons (Fsp3) is 0.435. The average molecular weight is 432 g/mol. The van der Waals surface area contributed by atoms with E-state index in [9.17, 15) is 18.8 Å². The molecule has 168 valence electrons. The number of benzene rings is 1. The summed E-state index contributed by atoms with van der Waals surface area (Å²) in [6.07, 6.45) is 0. The van der Waals surface area contributed by atoms with E-state index in [0.29, 0.717) is 29.1 Å². The summed E-state index contributed by atoms with van der Waals surface area (Å²) in [7, 11) is 1.50. The van der Waals surface area contributed by atoms with Crippen LogP contribution in [0.1, 0.15) is 56.3 Å². The third-order valence-corrected chi connectivity index (χ3v) is 5.11. The lowest BCUT2D eigenvalue weighted by Gasteiger charge is -2.22. The lowest BCUT2D eigenvalue weighted by molar-refractivity contribution is 0.0512. The van der Waals surface area contributed by atoms with Crippen molar-refractivity contribution in [2.75, 3.05) is 33.4 Å². The molecule has 2 rings (SSSR count). The van der Waals surface area contributed by atoms with E-state index in [1.165, 1.54) is 36.3 Å². The van der Waals surface area contributed by atoms with Crippen LogP contribution in [0.2, 0.25) is 0 Å². The van der Waals surface area contributed by atoms with Crippen LogP contribution in [0.5, 0.6) is 0 Å². The molecule has 1 amide bonds. The molecule has 0 atom stereocenters. The van der Waals surface area contributed by atoms with E-state index < -0.39 is 17.7 Å². The van der Waals surface area contributed by atoms with E-state index in [-0.39, 0.29) is 37.6 Å². The Morgan fingerprint density at radius 1 is 1.10 bits per heavy atom. The van der Waals surface area contributed by atoms with E-state index >= 15 is 0 Å². The minimum Gasteiger partial charge on any atom is -0.461 e. The molecule has 1 heterocycles. The number of aromatic nitrogens is 1. The van der Waals surface area contributed by atoms with Gasteiger partial charge in [-0.1, -0.05) is 0 Å². The smallest absolute Gasteiger partial charge is 0.355 e. The van der Waals surface area contributed by atoms with Crippen LogP contribution in [0.25, 0.3) is 0 Å². The van der Waals surface area contributed by atoms with Gasteiger partial charge in [0.15, 0.2) is 5.78 Å². The number of carbonyl (C=O) groups excluding carboxylic acids is 3. The third kappa shape index (κ3) is 5.38. The number of Topliss-reactive ketones (excluding diaryl/α,β-unsaturated/α-hetero) is 1. The van der Waals surface area contributed by atoms with Crippen molar-refractivity contribution in [1.29, 1.82) is 0 Å². The van der Waals surface area contributed by atoms with E-state index in [4.69, 9.17) is 9.47 Å². The summed E-state index contributed by atoms with van der Waals surface area (Å²) in [5.41, 5.74) is 2.20. The standard InChI is InChI=1S/C23H29FN2O5/c1-6-26-16(4)20(15(3)21(26)23(29)31-7-2)19(27)14-25(12-13-30-5)22(28)17-8-10-18(24)11-9-17/h8-11H,6-7,12-14H2,1-5H3. The van der Waals surface area contributed by atoms with Crippen molar-refractivity contribution in [3.8, 4) is 0 Å². The number of ketones is 1. The highest BCUT2D eigenvalue weighted by Gasteiger charge is 2.28. The van der Waals surface area contributed by atoms with Gasteiger partial charge in [-0.05, 0) is 57.5 Å². The zero-order valence-corrected chi connectivity index (χ0v) is 18.7. The molecule has 2 aromatic rings. The monoisotopic (exact) mass is 432 g/mol. The van der Waals surface area contributed by atoms with Crippen molar-refractivity contribution in [3.63, 3.8) is 0 Å². The largest absolute Gasteiger partial charge is 0.461 e. The zero-order chi connectivity index (χ0) is 23.1. The Bertz CT molecular complexity index is 950. The summed E-state index contributed by atoms with van der Waals surface area (Å²) in [6, 6.07) is 5.16. The molecular weight excluding hydrogens is 403 g/mol. The Morgan fingerprint density at radius 3 is 2.29 bits per heavy atom. The second kappa shape index (κ2) is 10.9. The van der Waals surface area contributed by atoms with E-state index in [2.05, 4.69) is 0 Å². The SMILES string of the molecule is CCOC(=O)c1c(C)c(C(=O)CN(CCOC)C(=O)c2ccc(F)cc2)c(C)n1CC. The molecule has 1 aromatic carbocycles. The molecule has 0 saturated heterocycles. The summed E-state index contributed by atoms with van der Waals surface area (Å²) in [5, 5.41) is 0. The van der Waals surface area contributed by atoms with Crippen molar-refractivity contribution < 1.29 is 28.2 Å². The van der Waals surface area contributed by atoms with Gasteiger partial charge in [-0.25, -0.2) is 9.18 Å². The van der Waals surface area contributed by atoms with Crippen LogP contribution in [0.15, 0.2) is 24.3 Å². The molecule has 0 unspecified atom stereocenters. The van der Waals surface area contributed by atoms with Crippen LogP contribution in [-0.4, -0.2) is 60.5 Å². The molecule has 0 bridgehead atoms. The van der Waals surface area contributed by atoms with Crippen molar-refractivity contribution >= 4 is 17.7 Å². The predicted molar refractivity (Wildman–Crippen MR) is 114 cm³/mol. The van der Waals surface area contributed by atoms with Gasteiger partial charge in [0.1, 0.15) is 11.5 Å². The van der Waals surface area contributed by atoms with Crippen molar-refractivity contribution in [3.05, 3.63) is 58.2 Å². The highest BCUT2D eigenvalue weighted by molar-refractivity contribution is 6.06. The maximum Gasteiger partial charge on any atom is 0.355 e. The van der Waals surface area contributed by atoms with Crippen LogP contribution in [0.3, 0.4) is 0 Å². The van der Waals surface area contributed by atoms with Crippen molar-refractivity contribution in [1.82, 2.24) is 9.47 Å². The molecule has 0 N–H and O–H groups in total. The molecule has 0 fully saturated rings. The number of hydrogen-bond acceptors (Lipinski definition) is 5. The van der Waals surface area contributed by atoms with Gasteiger partial charge in [-0.3, -0.25) is 9.59 Å². The average Bonchev–Trinajstić information content (AvgIpc) is 3.00. The van der Waals surface area contributed by atoms with Gasteiger partial charge in [0.05, 0.1) is 19.8 Å². The lowest BCUT2D eigenvalue weighted by Crippen LogP contribution is -2.38. The Hall–Kier alpha value is -3.00. The highest BCUT2D eigenvalue weighted by Crippen LogP contribution is 2.24. The van der Waals surface area contributed by atoms with Crippen LogP contribution in [-0.2, 0) is 16.0 Å². The maximum atomic E-state index is 13.3. The summed E-state index contributed by atoms with van der Waals surface area (Å²) >= 11 is 0. The Labute approximate surface area is 181 Å². The normalized spacial score (nSPS) is 10.8. The highest BCUT2D eigenvalue weighted by atomic mass is 19.1. The fourth-order valence-corrected chi connectivity index (χ4v) is 3.65. The first-order valence-corrected chi connectivity index (χ1v) is 10.2. The first-order valence-electron chi connectivity index (χ1n) is 10.2. The molecule has 0 radical (unpaired) electrons. The minimum absolute atomic E-state index is 0.190. The third-order valence-electron chi connectivity index (χ3n) is 5.11. The van der Waals surface area contributed by atoms with Gasteiger partial charge < -0.3 is 18.9 Å². The van der Waals surface area contributed by atoms with E-state index in [0.717, 1.165) is 0 Å². The molecular formula is C23H29FN2O5. The van der Waals surface area contributed by atoms with Gasteiger partial charge in [0.25, 0.3) is 5.91 Å². The molecule has 31 heavy (non-hydrogen) atoms. The molecule has 8 heteroatoms. The topological polar surface area (TPSA) is 77.8 Å². The second-order valence-electron chi connectivity index (χ2n) is 7.05. The number of hydrogen-bond donors (Lipinski definition) is 0. The van der Waals surface area contributed by atoms with E-state index in [1.54, 1.807) is 25.3 Å². The molecule has 0 aliphatic rings. The molecule has 0 saturated carbocycles. The first-order chi connectivity index (χ1) is 14.8. The van der Waals surface area contributed by atoms with Crippen molar-refractivity contribution in [2.24, 2.45) is 0 Å². The van der Waals surface area contributed by atoms with Crippen molar-refractivity contribution in [2.45, 2.75) is 34.2 Å². The summed E-state index contributed by atoms with van der Waals surface area (Å²) in [5.74, 6) is -1.63. The van der Waals surface area contributed by atoms with Crippen LogP contribution in [0, 0.1) is 19.7 Å². The van der Waals surface area contributed by atoms with Crippen LogP contribution >= 0.6 is 0 Å².